The average Bonchev–Trinajstić information content (AvgIpc) is 2.47. The number of amides is 2. The molecule has 2 amide bonds. The molecule has 0 unspecified atom stereocenters. The molecule has 3 N–H and O–H groups in total. The number of carbonyl (C=O) groups excluding carboxylic acids is 2. The Morgan fingerprint density at radius 3 is 2.23 bits per heavy atom. The monoisotopic (exact) mass is 305 g/mol. The maximum Gasteiger partial charge on any atom is 0.252 e. The fraction of sp³-hybridized carbons (Fsp3) is 0.529. The molecule has 122 valence electrons. The summed E-state index contributed by atoms with van der Waals surface area (Å²) >= 11 is 0. The molecule has 1 aromatic carbocycles. The first-order valence-electron chi connectivity index (χ1n) is 7.81. The lowest BCUT2D eigenvalue weighted by atomic mass is 9.94. The van der Waals surface area contributed by atoms with E-state index in [9.17, 15) is 9.59 Å². The Balaban J connectivity index is 2.61. The minimum atomic E-state index is -0.291. The molecular formula is C17H27N3O2. The van der Waals surface area contributed by atoms with Crippen LogP contribution < -0.4 is 16.2 Å². The fourth-order valence-corrected chi connectivity index (χ4v) is 2.32. The summed E-state index contributed by atoms with van der Waals surface area (Å²) in [6.07, 6.45) is 2.22. The molecule has 0 aliphatic rings. The van der Waals surface area contributed by atoms with Crippen LogP contribution in [0.25, 0.3) is 0 Å². The van der Waals surface area contributed by atoms with Gasteiger partial charge in [-0.05, 0) is 23.5 Å². The summed E-state index contributed by atoms with van der Waals surface area (Å²) in [7, 11) is 0. The molecule has 5 nitrogen and oxygen atoms in total. The molecule has 0 spiro atoms. The molecule has 0 aliphatic carbocycles. The zero-order valence-electron chi connectivity index (χ0n) is 13.9. The van der Waals surface area contributed by atoms with E-state index >= 15 is 0 Å². The van der Waals surface area contributed by atoms with E-state index < -0.39 is 0 Å². The van der Waals surface area contributed by atoms with Gasteiger partial charge in [-0.2, -0.15) is 0 Å². The highest BCUT2D eigenvalue weighted by molar-refractivity contribution is 5.81. The minimum absolute atomic E-state index is 0.0961. The third kappa shape index (κ3) is 6.26. The van der Waals surface area contributed by atoms with Crippen LogP contribution in [0.15, 0.2) is 24.3 Å². The molecule has 1 aromatic rings. The molecule has 1 atom stereocenters. The zero-order chi connectivity index (χ0) is 16.5. The van der Waals surface area contributed by atoms with Crippen molar-refractivity contribution in [1.82, 2.24) is 16.2 Å². The van der Waals surface area contributed by atoms with Crippen molar-refractivity contribution in [2.45, 2.75) is 46.6 Å². The quantitative estimate of drug-likeness (QED) is 0.676. The molecule has 0 radical (unpaired) electrons. The van der Waals surface area contributed by atoms with E-state index in [4.69, 9.17) is 0 Å². The number of aryl methyl sites for hydroxylation is 1. The highest BCUT2D eigenvalue weighted by atomic mass is 16.2. The van der Waals surface area contributed by atoms with Crippen LogP contribution in [0.3, 0.4) is 0 Å². The molecule has 0 fully saturated rings. The number of carbonyl (C=O) groups is 2. The highest BCUT2D eigenvalue weighted by Crippen LogP contribution is 2.22. The molecule has 1 rings (SSSR count). The lowest BCUT2D eigenvalue weighted by Gasteiger charge is -2.23. The SMILES string of the molecule is CCCc1ccc([C@H](NCC(=O)NNC(C)=O)C(C)C)cc1. The second kappa shape index (κ2) is 9.20. The number of benzene rings is 1. The van der Waals surface area contributed by atoms with Gasteiger partial charge in [0.1, 0.15) is 0 Å². The van der Waals surface area contributed by atoms with E-state index in [0.29, 0.717) is 5.92 Å². The van der Waals surface area contributed by atoms with Crippen LogP contribution in [0.2, 0.25) is 0 Å². The lowest BCUT2D eigenvalue weighted by Crippen LogP contribution is -2.45. The summed E-state index contributed by atoms with van der Waals surface area (Å²) in [4.78, 5) is 22.4. The van der Waals surface area contributed by atoms with Crippen molar-refractivity contribution in [1.29, 1.82) is 0 Å². The van der Waals surface area contributed by atoms with E-state index in [2.05, 4.69) is 61.2 Å². The van der Waals surface area contributed by atoms with Gasteiger partial charge in [0.25, 0.3) is 5.91 Å². The molecule has 5 heteroatoms. The molecular weight excluding hydrogens is 278 g/mol. The van der Waals surface area contributed by atoms with Gasteiger partial charge in [-0.1, -0.05) is 51.5 Å². The van der Waals surface area contributed by atoms with Crippen LogP contribution in [-0.4, -0.2) is 18.4 Å². The van der Waals surface area contributed by atoms with E-state index in [-0.39, 0.29) is 24.4 Å². The van der Waals surface area contributed by atoms with Crippen LogP contribution >= 0.6 is 0 Å². The molecule has 0 heterocycles. The van der Waals surface area contributed by atoms with Crippen LogP contribution in [0.5, 0.6) is 0 Å². The molecule has 0 aliphatic heterocycles. The molecule has 0 saturated heterocycles. The van der Waals surface area contributed by atoms with Gasteiger partial charge >= 0.3 is 0 Å². The summed E-state index contributed by atoms with van der Waals surface area (Å²) in [5.74, 6) is -0.200. The molecule has 0 saturated carbocycles. The van der Waals surface area contributed by atoms with E-state index in [1.54, 1.807) is 0 Å². The maximum absolute atomic E-state index is 11.7. The van der Waals surface area contributed by atoms with Gasteiger partial charge in [0.2, 0.25) is 5.91 Å². The predicted molar refractivity (Wildman–Crippen MR) is 88.0 cm³/mol. The summed E-state index contributed by atoms with van der Waals surface area (Å²) < 4.78 is 0. The number of nitrogens with one attached hydrogen (secondary N) is 3. The van der Waals surface area contributed by atoms with Crippen molar-refractivity contribution in [2.75, 3.05) is 6.54 Å². The van der Waals surface area contributed by atoms with Crippen molar-refractivity contribution in [3.05, 3.63) is 35.4 Å². The van der Waals surface area contributed by atoms with Gasteiger partial charge in [-0.15, -0.1) is 0 Å². The highest BCUT2D eigenvalue weighted by Gasteiger charge is 2.16. The number of rotatable bonds is 7. The Morgan fingerprint density at radius 1 is 1.09 bits per heavy atom. The van der Waals surface area contributed by atoms with Crippen molar-refractivity contribution < 1.29 is 9.59 Å². The van der Waals surface area contributed by atoms with Crippen LogP contribution in [-0.2, 0) is 16.0 Å². The van der Waals surface area contributed by atoms with Gasteiger partial charge in [0.05, 0.1) is 6.54 Å². The summed E-state index contributed by atoms with van der Waals surface area (Å²) in [6.45, 7) is 7.90. The minimum Gasteiger partial charge on any atom is -0.301 e. The molecule has 0 aromatic heterocycles. The molecule has 22 heavy (non-hydrogen) atoms. The van der Waals surface area contributed by atoms with Gasteiger partial charge in [-0.25, -0.2) is 0 Å². The average molecular weight is 305 g/mol. The van der Waals surface area contributed by atoms with E-state index in [1.807, 2.05) is 0 Å². The lowest BCUT2D eigenvalue weighted by molar-refractivity contribution is -0.127. The Bertz CT molecular complexity index is 483. The summed E-state index contributed by atoms with van der Waals surface area (Å²) in [6, 6.07) is 8.63. The second-order valence-corrected chi connectivity index (χ2v) is 5.82. The number of hydrogen-bond acceptors (Lipinski definition) is 3. The van der Waals surface area contributed by atoms with Crippen molar-refractivity contribution in [3.63, 3.8) is 0 Å². The largest absolute Gasteiger partial charge is 0.301 e. The first kappa shape index (κ1) is 18.2. The first-order valence-corrected chi connectivity index (χ1v) is 7.81. The smallest absolute Gasteiger partial charge is 0.252 e. The van der Waals surface area contributed by atoms with Crippen molar-refractivity contribution >= 4 is 11.8 Å². The number of hydrazine groups is 1. The number of hydrogen-bond donors (Lipinski definition) is 3. The van der Waals surface area contributed by atoms with Crippen molar-refractivity contribution in [3.8, 4) is 0 Å². The topological polar surface area (TPSA) is 70.2 Å². The standard InChI is InChI=1S/C17H27N3O2/c1-5-6-14-7-9-15(10-8-14)17(12(2)3)18-11-16(22)20-19-13(4)21/h7-10,12,17-18H,5-6,11H2,1-4H3,(H,19,21)(H,20,22)/t17-/m1/s1. The van der Waals surface area contributed by atoms with E-state index in [1.165, 1.54) is 18.1 Å². The third-order valence-corrected chi connectivity index (χ3v) is 3.40. The van der Waals surface area contributed by atoms with Crippen LogP contribution in [0.4, 0.5) is 0 Å². The van der Waals surface area contributed by atoms with Crippen LogP contribution in [0.1, 0.15) is 51.3 Å². The Morgan fingerprint density at radius 2 is 1.73 bits per heavy atom. The van der Waals surface area contributed by atoms with Gasteiger partial charge < -0.3 is 5.32 Å². The van der Waals surface area contributed by atoms with E-state index in [0.717, 1.165) is 12.8 Å². The molecule has 0 bridgehead atoms. The zero-order valence-corrected chi connectivity index (χ0v) is 13.9. The summed E-state index contributed by atoms with van der Waals surface area (Å²) in [5.41, 5.74) is 7.13. The summed E-state index contributed by atoms with van der Waals surface area (Å²) in [5, 5.41) is 3.25. The van der Waals surface area contributed by atoms with Crippen LogP contribution in [0, 0.1) is 5.92 Å². The van der Waals surface area contributed by atoms with Gasteiger partial charge in [0.15, 0.2) is 0 Å². The third-order valence-electron chi connectivity index (χ3n) is 3.40. The Hall–Kier alpha value is -1.88. The first-order chi connectivity index (χ1) is 10.4. The Kier molecular flexibility index (Phi) is 7.60. The van der Waals surface area contributed by atoms with Crippen molar-refractivity contribution in [2.24, 2.45) is 5.92 Å². The second-order valence-electron chi connectivity index (χ2n) is 5.82. The van der Waals surface area contributed by atoms with Gasteiger partial charge in [0, 0.05) is 13.0 Å². The van der Waals surface area contributed by atoms with Gasteiger partial charge in [-0.3, -0.25) is 20.4 Å². The predicted octanol–water partition coefficient (Wildman–Crippen LogP) is 2.09. The Labute approximate surface area is 132 Å². The normalized spacial score (nSPS) is 12.0. The maximum atomic E-state index is 11.7. The fourth-order valence-electron chi connectivity index (χ4n) is 2.32.